The number of benzene rings is 1. The monoisotopic (exact) mass is 306 g/mol. The molecule has 106 valence electrons. The van der Waals surface area contributed by atoms with Gasteiger partial charge in [-0.1, -0.05) is 37.6 Å². The Morgan fingerprint density at radius 2 is 1.85 bits per heavy atom. The van der Waals surface area contributed by atoms with Gasteiger partial charge in [0.25, 0.3) is 0 Å². The zero-order valence-electron chi connectivity index (χ0n) is 12.0. The van der Waals surface area contributed by atoms with Gasteiger partial charge in [-0.25, -0.2) is 4.98 Å². The second-order valence-electron chi connectivity index (χ2n) is 4.89. The quantitative estimate of drug-likeness (QED) is 0.769. The highest BCUT2D eigenvalue weighted by Gasteiger charge is 2.05. The predicted octanol–water partition coefficient (Wildman–Crippen LogP) is 5.19. The van der Waals surface area contributed by atoms with Gasteiger partial charge in [0, 0.05) is 17.7 Å². The lowest BCUT2D eigenvalue weighted by molar-refractivity contribution is 0.865. The molecule has 2 rings (SSSR count). The molecule has 0 bridgehead atoms. The van der Waals surface area contributed by atoms with Crippen molar-refractivity contribution >= 4 is 29.2 Å². The van der Waals surface area contributed by atoms with E-state index in [4.69, 9.17) is 11.6 Å². The Morgan fingerprint density at radius 1 is 1.15 bits per heavy atom. The van der Waals surface area contributed by atoms with Crippen LogP contribution in [0.25, 0.3) is 0 Å². The normalized spacial score (nSPS) is 10.8. The molecule has 2 aromatic rings. The molecule has 1 heterocycles. The van der Waals surface area contributed by atoms with Crippen molar-refractivity contribution in [3.63, 3.8) is 0 Å². The summed E-state index contributed by atoms with van der Waals surface area (Å²) in [5.41, 5.74) is 2.28. The van der Waals surface area contributed by atoms with Crippen molar-refractivity contribution in [1.29, 1.82) is 0 Å². The van der Waals surface area contributed by atoms with Crippen LogP contribution in [0.5, 0.6) is 0 Å². The Kier molecular flexibility index (Phi) is 5.32. The lowest BCUT2D eigenvalue weighted by Gasteiger charge is -2.08. The maximum absolute atomic E-state index is 6.18. The molecular weight excluding hydrogens is 288 g/mol. The lowest BCUT2D eigenvalue weighted by atomic mass is 10.0. The van der Waals surface area contributed by atoms with Crippen molar-refractivity contribution in [1.82, 2.24) is 4.98 Å². The van der Waals surface area contributed by atoms with Crippen molar-refractivity contribution in [2.45, 2.75) is 30.4 Å². The van der Waals surface area contributed by atoms with E-state index in [-0.39, 0.29) is 0 Å². The SMILES string of the molecule is CNc1ccc(Cl)c(CSc2ccc(C(C)C)cc2)n1. The Balaban J connectivity index is 2.04. The summed E-state index contributed by atoms with van der Waals surface area (Å²) in [5, 5.41) is 3.75. The van der Waals surface area contributed by atoms with Crippen molar-refractivity contribution in [3.05, 3.63) is 52.7 Å². The van der Waals surface area contributed by atoms with E-state index < -0.39 is 0 Å². The van der Waals surface area contributed by atoms with E-state index in [1.807, 2.05) is 19.2 Å². The number of hydrogen-bond acceptors (Lipinski definition) is 3. The van der Waals surface area contributed by atoms with E-state index in [9.17, 15) is 0 Å². The number of rotatable bonds is 5. The number of nitrogens with zero attached hydrogens (tertiary/aromatic N) is 1. The Morgan fingerprint density at radius 3 is 2.45 bits per heavy atom. The molecule has 0 amide bonds. The van der Waals surface area contributed by atoms with Crippen LogP contribution in [0, 0.1) is 0 Å². The summed E-state index contributed by atoms with van der Waals surface area (Å²) in [6, 6.07) is 12.5. The molecule has 0 unspecified atom stereocenters. The third-order valence-corrected chi connectivity index (χ3v) is 4.46. The molecule has 0 aliphatic rings. The smallest absolute Gasteiger partial charge is 0.126 e. The van der Waals surface area contributed by atoms with E-state index in [1.165, 1.54) is 10.5 Å². The molecule has 0 radical (unpaired) electrons. The Bertz CT molecular complexity index is 567. The first-order valence-corrected chi connectivity index (χ1v) is 8.02. The summed E-state index contributed by atoms with van der Waals surface area (Å²) in [4.78, 5) is 5.73. The van der Waals surface area contributed by atoms with Crippen LogP contribution < -0.4 is 5.32 Å². The fraction of sp³-hybridized carbons (Fsp3) is 0.312. The van der Waals surface area contributed by atoms with Crippen molar-refractivity contribution in [3.8, 4) is 0 Å². The molecule has 0 spiro atoms. The maximum atomic E-state index is 6.18. The van der Waals surface area contributed by atoms with E-state index in [2.05, 4.69) is 48.4 Å². The molecule has 1 N–H and O–H groups in total. The number of nitrogens with one attached hydrogen (secondary N) is 1. The van der Waals surface area contributed by atoms with Gasteiger partial charge in [-0.15, -0.1) is 11.8 Å². The average Bonchev–Trinajstić information content (AvgIpc) is 2.47. The van der Waals surface area contributed by atoms with Gasteiger partial charge in [0.2, 0.25) is 0 Å². The van der Waals surface area contributed by atoms with Gasteiger partial charge >= 0.3 is 0 Å². The van der Waals surface area contributed by atoms with Crippen molar-refractivity contribution < 1.29 is 0 Å². The molecule has 2 nitrogen and oxygen atoms in total. The predicted molar refractivity (Wildman–Crippen MR) is 88.9 cm³/mol. The topological polar surface area (TPSA) is 24.9 Å². The fourth-order valence-electron chi connectivity index (χ4n) is 1.83. The molecule has 0 saturated heterocycles. The fourth-order valence-corrected chi connectivity index (χ4v) is 2.93. The van der Waals surface area contributed by atoms with Gasteiger partial charge in [0.05, 0.1) is 10.7 Å². The summed E-state index contributed by atoms with van der Waals surface area (Å²) in [6.07, 6.45) is 0. The van der Waals surface area contributed by atoms with Gasteiger partial charge in [0.1, 0.15) is 5.82 Å². The van der Waals surface area contributed by atoms with Gasteiger partial charge < -0.3 is 5.32 Å². The third kappa shape index (κ3) is 3.90. The minimum atomic E-state index is 0.567. The standard InChI is InChI=1S/C16H19ClN2S/c1-11(2)12-4-6-13(7-5-12)20-10-15-14(17)8-9-16(18-3)19-15/h4-9,11H,10H2,1-3H3,(H,18,19). The summed E-state index contributed by atoms with van der Waals surface area (Å²) in [5.74, 6) is 2.19. The molecule has 1 aromatic heterocycles. The number of halogens is 1. The highest BCUT2D eigenvalue weighted by atomic mass is 35.5. The summed E-state index contributed by atoms with van der Waals surface area (Å²) < 4.78 is 0. The van der Waals surface area contributed by atoms with Crippen LogP contribution in [-0.4, -0.2) is 12.0 Å². The second kappa shape index (κ2) is 7.00. The number of hydrogen-bond donors (Lipinski definition) is 1. The highest BCUT2D eigenvalue weighted by Crippen LogP contribution is 2.27. The van der Waals surface area contributed by atoms with Crippen molar-refractivity contribution in [2.75, 3.05) is 12.4 Å². The summed E-state index contributed by atoms with van der Waals surface area (Å²) in [6.45, 7) is 4.41. The summed E-state index contributed by atoms with van der Waals surface area (Å²) in [7, 11) is 1.86. The number of thioether (sulfide) groups is 1. The molecule has 0 fully saturated rings. The van der Waals surface area contributed by atoms with Crippen LogP contribution in [0.1, 0.15) is 31.0 Å². The molecule has 20 heavy (non-hydrogen) atoms. The highest BCUT2D eigenvalue weighted by molar-refractivity contribution is 7.98. The number of aromatic nitrogens is 1. The molecule has 4 heteroatoms. The van der Waals surface area contributed by atoms with Gasteiger partial charge in [0.15, 0.2) is 0 Å². The maximum Gasteiger partial charge on any atom is 0.126 e. The molecule has 0 aliphatic heterocycles. The first-order chi connectivity index (χ1) is 9.60. The molecule has 0 saturated carbocycles. The number of pyridine rings is 1. The van der Waals surface area contributed by atoms with Crippen molar-refractivity contribution in [2.24, 2.45) is 0 Å². The second-order valence-corrected chi connectivity index (χ2v) is 6.34. The van der Waals surface area contributed by atoms with Crippen LogP contribution in [0.3, 0.4) is 0 Å². The van der Waals surface area contributed by atoms with Crippen LogP contribution in [-0.2, 0) is 5.75 Å². The van der Waals surface area contributed by atoms with Crippen LogP contribution in [0.15, 0.2) is 41.3 Å². The average molecular weight is 307 g/mol. The first-order valence-electron chi connectivity index (χ1n) is 6.66. The van der Waals surface area contributed by atoms with E-state index in [1.54, 1.807) is 11.8 Å². The molecule has 1 aromatic carbocycles. The first kappa shape index (κ1) is 15.2. The van der Waals surface area contributed by atoms with Gasteiger partial charge in [-0.05, 0) is 35.7 Å². The zero-order chi connectivity index (χ0) is 14.5. The molecule has 0 atom stereocenters. The lowest BCUT2D eigenvalue weighted by Crippen LogP contribution is -1.96. The van der Waals surface area contributed by atoms with Gasteiger partial charge in [-0.3, -0.25) is 0 Å². The van der Waals surface area contributed by atoms with E-state index in [0.717, 1.165) is 22.3 Å². The Labute approximate surface area is 130 Å². The zero-order valence-corrected chi connectivity index (χ0v) is 13.6. The minimum Gasteiger partial charge on any atom is -0.373 e. The van der Waals surface area contributed by atoms with Crippen LogP contribution >= 0.6 is 23.4 Å². The molecule has 0 aliphatic carbocycles. The van der Waals surface area contributed by atoms with E-state index >= 15 is 0 Å². The summed E-state index contributed by atoms with van der Waals surface area (Å²) >= 11 is 7.94. The number of anilines is 1. The molecular formula is C16H19ClN2S. The Hall–Kier alpha value is -1.19. The van der Waals surface area contributed by atoms with E-state index in [0.29, 0.717) is 5.92 Å². The third-order valence-electron chi connectivity index (χ3n) is 3.10. The van der Waals surface area contributed by atoms with Crippen LogP contribution in [0.4, 0.5) is 5.82 Å². The van der Waals surface area contributed by atoms with Crippen LogP contribution in [0.2, 0.25) is 5.02 Å². The van der Waals surface area contributed by atoms with Gasteiger partial charge in [-0.2, -0.15) is 0 Å². The largest absolute Gasteiger partial charge is 0.373 e. The minimum absolute atomic E-state index is 0.567.